The van der Waals surface area contributed by atoms with Crippen LogP contribution in [0.3, 0.4) is 0 Å². The molecule has 0 bridgehead atoms. The molecule has 0 aliphatic heterocycles. The van der Waals surface area contributed by atoms with Crippen molar-refractivity contribution in [3.63, 3.8) is 0 Å². The molecule has 0 amide bonds. The molecule has 1 nitrogen and oxygen atoms in total. The third kappa shape index (κ3) is 4.51. The second kappa shape index (κ2) is 6.80. The second-order valence-corrected chi connectivity index (χ2v) is 5.38. The fraction of sp³-hybridized carbons (Fsp3) is 0.625. The van der Waals surface area contributed by atoms with E-state index < -0.39 is 0 Å². The van der Waals surface area contributed by atoms with Gasteiger partial charge < -0.3 is 5.32 Å². The lowest BCUT2D eigenvalue weighted by Crippen LogP contribution is -2.25. The molecule has 0 aromatic heterocycles. The molecule has 0 radical (unpaired) electrons. The number of aryl methyl sites for hydroxylation is 2. The van der Waals surface area contributed by atoms with Gasteiger partial charge in [0.2, 0.25) is 0 Å². The molecule has 1 rings (SSSR count). The van der Waals surface area contributed by atoms with E-state index in [0.29, 0.717) is 0 Å². The summed E-state index contributed by atoms with van der Waals surface area (Å²) in [5.74, 6) is 1.47. The van der Waals surface area contributed by atoms with Gasteiger partial charge in [-0.1, -0.05) is 39.0 Å². The first-order valence-electron chi connectivity index (χ1n) is 6.81. The van der Waals surface area contributed by atoms with Gasteiger partial charge in [-0.15, -0.1) is 0 Å². The van der Waals surface area contributed by atoms with Crippen molar-refractivity contribution in [1.29, 1.82) is 0 Å². The van der Waals surface area contributed by atoms with E-state index in [1.54, 1.807) is 0 Å². The van der Waals surface area contributed by atoms with E-state index in [0.717, 1.165) is 24.9 Å². The number of rotatable bonds is 6. The molecule has 0 spiro atoms. The normalized spacial score (nSPS) is 14.6. The smallest absolute Gasteiger partial charge is 0.00206 e. The first-order valence-corrected chi connectivity index (χ1v) is 6.81. The fourth-order valence-corrected chi connectivity index (χ4v) is 2.08. The molecule has 0 fully saturated rings. The topological polar surface area (TPSA) is 12.0 Å². The number of benzene rings is 1. The van der Waals surface area contributed by atoms with Crippen molar-refractivity contribution in [2.24, 2.45) is 11.8 Å². The van der Waals surface area contributed by atoms with Crippen LogP contribution in [-0.2, 0) is 6.42 Å². The zero-order valence-electron chi connectivity index (χ0n) is 12.0. The van der Waals surface area contributed by atoms with E-state index in [2.05, 4.69) is 58.1 Å². The Labute approximate surface area is 107 Å². The molecular formula is C16H27N. The molecule has 0 aliphatic carbocycles. The van der Waals surface area contributed by atoms with E-state index >= 15 is 0 Å². The molecule has 96 valence electrons. The largest absolute Gasteiger partial charge is 0.317 e. The molecule has 2 atom stereocenters. The van der Waals surface area contributed by atoms with Crippen LogP contribution >= 0.6 is 0 Å². The van der Waals surface area contributed by atoms with Gasteiger partial charge in [0.15, 0.2) is 0 Å². The molecule has 0 saturated carbocycles. The van der Waals surface area contributed by atoms with Crippen molar-refractivity contribution in [3.05, 3.63) is 34.9 Å². The summed E-state index contributed by atoms with van der Waals surface area (Å²) in [7, 11) is 0. The standard InChI is InChI=1S/C16H27N/c1-6-17-11-15(5)14(4)10-16-8-7-12(2)13(3)9-16/h7-9,14-15,17H,6,10-11H2,1-5H3. The summed E-state index contributed by atoms with van der Waals surface area (Å²) in [6.07, 6.45) is 1.19. The number of nitrogens with one attached hydrogen (secondary N) is 1. The highest BCUT2D eigenvalue weighted by atomic mass is 14.8. The zero-order chi connectivity index (χ0) is 12.8. The molecule has 1 heteroatoms. The highest BCUT2D eigenvalue weighted by molar-refractivity contribution is 5.30. The predicted molar refractivity (Wildman–Crippen MR) is 76.5 cm³/mol. The van der Waals surface area contributed by atoms with Crippen LogP contribution < -0.4 is 5.32 Å². The monoisotopic (exact) mass is 233 g/mol. The van der Waals surface area contributed by atoms with Crippen LogP contribution in [0.25, 0.3) is 0 Å². The van der Waals surface area contributed by atoms with Gasteiger partial charge >= 0.3 is 0 Å². The van der Waals surface area contributed by atoms with Crippen molar-refractivity contribution in [2.75, 3.05) is 13.1 Å². The molecule has 0 heterocycles. The van der Waals surface area contributed by atoms with E-state index in [-0.39, 0.29) is 0 Å². The number of hydrogen-bond donors (Lipinski definition) is 1. The van der Waals surface area contributed by atoms with Crippen LogP contribution in [0.5, 0.6) is 0 Å². The van der Waals surface area contributed by atoms with E-state index in [1.807, 2.05) is 0 Å². The first kappa shape index (κ1) is 14.2. The van der Waals surface area contributed by atoms with Gasteiger partial charge in [0.1, 0.15) is 0 Å². The molecule has 1 aromatic rings. The minimum atomic E-state index is 0.733. The maximum atomic E-state index is 3.44. The highest BCUT2D eigenvalue weighted by Gasteiger charge is 2.12. The molecule has 1 N–H and O–H groups in total. The summed E-state index contributed by atoms with van der Waals surface area (Å²) >= 11 is 0. The molecule has 1 aromatic carbocycles. The SMILES string of the molecule is CCNCC(C)C(C)Cc1ccc(C)c(C)c1. The van der Waals surface area contributed by atoms with Gasteiger partial charge in [-0.3, -0.25) is 0 Å². The Kier molecular flexibility index (Phi) is 5.70. The van der Waals surface area contributed by atoms with Gasteiger partial charge in [0, 0.05) is 0 Å². The lowest BCUT2D eigenvalue weighted by molar-refractivity contribution is 0.368. The summed E-state index contributed by atoms with van der Waals surface area (Å²) in [6.45, 7) is 13.4. The fourth-order valence-electron chi connectivity index (χ4n) is 2.08. The maximum absolute atomic E-state index is 3.44. The summed E-state index contributed by atoms with van der Waals surface area (Å²) in [5.41, 5.74) is 4.28. The van der Waals surface area contributed by atoms with E-state index in [9.17, 15) is 0 Å². The second-order valence-electron chi connectivity index (χ2n) is 5.38. The average molecular weight is 233 g/mol. The Morgan fingerprint density at radius 1 is 1.06 bits per heavy atom. The van der Waals surface area contributed by atoms with Crippen LogP contribution in [0.1, 0.15) is 37.5 Å². The lowest BCUT2D eigenvalue weighted by Gasteiger charge is -2.20. The third-order valence-corrected chi connectivity index (χ3v) is 3.82. The van der Waals surface area contributed by atoms with E-state index in [4.69, 9.17) is 0 Å². The highest BCUT2D eigenvalue weighted by Crippen LogP contribution is 2.18. The predicted octanol–water partition coefficient (Wildman–Crippen LogP) is 3.73. The first-order chi connectivity index (χ1) is 8.04. The van der Waals surface area contributed by atoms with Crippen molar-refractivity contribution in [3.8, 4) is 0 Å². The van der Waals surface area contributed by atoms with Gasteiger partial charge in [0.05, 0.1) is 0 Å². The lowest BCUT2D eigenvalue weighted by atomic mass is 9.89. The van der Waals surface area contributed by atoms with Crippen molar-refractivity contribution in [1.82, 2.24) is 5.32 Å². The van der Waals surface area contributed by atoms with Crippen molar-refractivity contribution in [2.45, 2.75) is 41.0 Å². The van der Waals surface area contributed by atoms with Gasteiger partial charge in [0.25, 0.3) is 0 Å². The van der Waals surface area contributed by atoms with Crippen LogP contribution in [0, 0.1) is 25.7 Å². The van der Waals surface area contributed by atoms with E-state index in [1.165, 1.54) is 23.1 Å². The van der Waals surface area contributed by atoms with Gasteiger partial charge in [-0.2, -0.15) is 0 Å². The van der Waals surface area contributed by atoms with Gasteiger partial charge in [-0.25, -0.2) is 0 Å². The number of hydrogen-bond acceptors (Lipinski definition) is 1. The summed E-state index contributed by atoms with van der Waals surface area (Å²) in [6, 6.07) is 6.86. The quantitative estimate of drug-likeness (QED) is 0.789. The summed E-state index contributed by atoms with van der Waals surface area (Å²) < 4.78 is 0. The molecule has 0 aliphatic rings. The minimum Gasteiger partial charge on any atom is -0.317 e. The Morgan fingerprint density at radius 2 is 1.76 bits per heavy atom. The van der Waals surface area contributed by atoms with Crippen LogP contribution in [0.4, 0.5) is 0 Å². The average Bonchev–Trinajstić information content (AvgIpc) is 2.30. The Balaban J connectivity index is 2.55. The molecule has 2 unspecified atom stereocenters. The van der Waals surface area contributed by atoms with Crippen LogP contribution in [-0.4, -0.2) is 13.1 Å². The Morgan fingerprint density at radius 3 is 2.35 bits per heavy atom. The van der Waals surface area contributed by atoms with Crippen LogP contribution in [0.2, 0.25) is 0 Å². The zero-order valence-corrected chi connectivity index (χ0v) is 12.0. The van der Waals surface area contributed by atoms with Crippen molar-refractivity contribution < 1.29 is 0 Å². The Bertz CT molecular complexity index is 343. The minimum absolute atomic E-state index is 0.733. The molecule has 17 heavy (non-hydrogen) atoms. The summed E-state index contributed by atoms with van der Waals surface area (Å²) in [4.78, 5) is 0. The van der Waals surface area contributed by atoms with Crippen molar-refractivity contribution >= 4 is 0 Å². The van der Waals surface area contributed by atoms with Gasteiger partial charge in [-0.05, 0) is 61.9 Å². The van der Waals surface area contributed by atoms with Crippen LogP contribution in [0.15, 0.2) is 18.2 Å². The molecular weight excluding hydrogens is 206 g/mol. The molecule has 0 saturated heterocycles. The summed E-state index contributed by atoms with van der Waals surface area (Å²) in [5, 5.41) is 3.44. The maximum Gasteiger partial charge on any atom is -0.00206 e. The third-order valence-electron chi connectivity index (χ3n) is 3.82. The Hall–Kier alpha value is -0.820.